The molecule has 0 bridgehead atoms. The molecule has 1 aliphatic rings. The molecule has 0 N–H and O–H groups in total. The van der Waals surface area contributed by atoms with E-state index in [-0.39, 0.29) is 6.10 Å². The summed E-state index contributed by atoms with van der Waals surface area (Å²) < 4.78 is 32.1. The molecule has 1 aromatic heterocycles. The van der Waals surface area contributed by atoms with E-state index >= 15 is 0 Å². The van der Waals surface area contributed by atoms with Crippen molar-refractivity contribution >= 4 is 5.69 Å². The van der Waals surface area contributed by atoms with Gasteiger partial charge < -0.3 is 9.64 Å². The maximum absolute atomic E-state index is 13.4. The number of halogens is 2. The Labute approximate surface area is 122 Å². The smallest absolute Gasteiger partial charge is 0.159 e. The molecule has 21 heavy (non-hydrogen) atoms. The number of morpholine rings is 1. The molecule has 3 nitrogen and oxygen atoms in total. The summed E-state index contributed by atoms with van der Waals surface area (Å²) >= 11 is 0. The summed E-state index contributed by atoms with van der Waals surface area (Å²) in [7, 11) is 0. The van der Waals surface area contributed by atoms with Crippen LogP contribution >= 0.6 is 0 Å². The molecule has 1 fully saturated rings. The van der Waals surface area contributed by atoms with Crippen LogP contribution in [0.5, 0.6) is 0 Å². The fourth-order valence-electron chi connectivity index (χ4n) is 2.53. The minimum Gasteiger partial charge on any atom is -0.370 e. The Kier molecular flexibility index (Phi) is 3.84. The highest BCUT2D eigenvalue weighted by molar-refractivity contribution is 5.47. The zero-order valence-electron chi connectivity index (χ0n) is 11.7. The summed E-state index contributed by atoms with van der Waals surface area (Å²) in [5.74, 6) is -1.68. The lowest BCUT2D eigenvalue weighted by Crippen LogP contribution is -2.38. The molecule has 2 heterocycles. The van der Waals surface area contributed by atoms with E-state index in [1.807, 2.05) is 19.1 Å². The average Bonchev–Trinajstić information content (AvgIpc) is 2.50. The summed E-state index contributed by atoms with van der Waals surface area (Å²) in [5.41, 5.74) is 2.67. The molecule has 1 atom stereocenters. The number of anilines is 1. The number of hydrogen-bond donors (Lipinski definition) is 0. The number of aromatic nitrogens is 1. The monoisotopic (exact) mass is 290 g/mol. The molecule has 0 spiro atoms. The third-order valence-corrected chi connectivity index (χ3v) is 3.63. The van der Waals surface area contributed by atoms with Crippen molar-refractivity contribution in [1.29, 1.82) is 0 Å². The van der Waals surface area contributed by atoms with Crippen molar-refractivity contribution in [2.24, 2.45) is 0 Å². The van der Waals surface area contributed by atoms with Crippen molar-refractivity contribution in [2.45, 2.75) is 13.0 Å². The van der Waals surface area contributed by atoms with Crippen molar-refractivity contribution in [3.05, 3.63) is 59.4 Å². The zero-order chi connectivity index (χ0) is 14.8. The topological polar surface area (TPSA) is 25.4 Å². The molecule has 3 rings (SSSR count). The molecule has 110 valence electrons. The van der Waals surface area contributed by atoms with Crippen LogP contribution in [0.25, 0.3) is 0 Å². The summed E-state index contributed by atoms with van der Waals surface area (Å²) in [6.45, 7) is 3.86. The van der Waals surface area contributed by atoms with Crippen LogP contribution in [0, 0.1) is 18.6 Å². The number of ether oxygens (including phenoxy) is 1. The minimum atomic E-state index is -0.840. The normalized spacial score (nSPS) is 18.8. The number of pyridine rings is 1. The predicted molar refractivity (Wildman–Crippen MR) is 76.2 cm³/mol. The summed E-state index contributed by atoms with van der Waals surface area (Å²) in [5, 5.41) is 0. The van der Waals surface area contributed by atoms with E-state index < -0.39 is 11.6 Å². The first-order valence-electron chi connectivity index (χ1n) is 6.87. The van der Waals surface area contributed by atoms with Crippen LogP contribution in [0.3, 0.4) is 0 Å². The molecule has 0 radical (unpaired) electrons. The molecule has 2 aromatic rings. The van der Waals surface area contributed by atoms with Gasteiger partial charge in [-0.3, -0.25) is 4.98 Å². The molecule has 1 aliphatic heterocycles. The van der Waals surface area contributed by atoms with Crippen LogP contribution in [0.4, 0.5) is 14.5 Å². The quantitative estimate of drug-likeness (QED) is 0.849. The van der Waals surface area contributed by atoms with Gasteiger partial charge in [-0.05, 0) is 36.8 Å². The Morgan fingerprint density at radius 2 is 2.05 bits per heavy atom. The van der Waals surface area contributed by atoms with Crippen LogP contribution in [0.2, 0.25) is 0 Å². The minimum absolute atomic E-state index is 0.262. The first-order chi connectivity index (χ1) is 10.1. The van der Waals surface area contributed by atoms with Gasteiger partial charge in [-0.1, -0.05) is 6.07 Å². The van der Waals surface area contributed by atoms with E-state index in [4.69, 9.17) is 4.74 Å². The van der Waals surface area contributed by atoms with E-state index in [0.717, 1.165) is 24.0 Å². The third-order valence-electron chi connectivity index (χ3n) is 3.63. The maximum atomic E-state index is 13.4. The van der Waals surface area contributed by atoms with Gasteiger partial charge in [0, 0.05) is 30.7 Å². The molecular formula is C16H16F2N2O. The largest absolute Gasteiger partial charge is 0.370 e. The van der Waals surface area contributed by atoms with Gasteiger partial charge in [0.05, 0.1) is 6.61 Å². The molecule has 1 unspecified atom stereocenters. The molecule has 1 aromatic carbocycles. The zero-order valence-corrected chi connectivity index (χ0v) is 11.7. The van der Waals surface area contributed by atoms with Crippen LogP contribution in [0.1, 0.15) is 17.4 Å². The average molecular weight is 290 g/mol. The van der Waals surface area contributed by atoms with Crippen molar-refractivity contribution in [1.82, 2.24) is 4.98 Å². The first kappa shape index (κ1) is 13.9. The van der Waals surface area contributed by atoms with Crippen LogP contribution in [-0.2, 0) is 4.74 Å². The first-order valence-corrected chi connectivity index (χ1v) is 6.87. The standard InChI is InChI=1S/C16H16F2N2O/c1-11-8-13(4-5-19-11)20-6-7-21-16(10-20)12-2-3-14(17)15(18)9-12/h2-5,8-9,16H,6-7,10H2,1H3. The maximum Gasteiger partial charge on any atom is 0.159 e. The Hall–Kier alpha value is -2.01. The fourth-order valence-corrected chi connectivity index (χ4v) is 2.53. The molecule has 0 saturated carbocycles. The highest BCUT2D eigenvalue weighted by Crippen LogP contribution is 2.27. The summed E-state index contributed by atoms with van der Waals surface area (Å²) in [6.07, 6.45) is 1.51. The number of benzene rings is 1. The van der Waals surface area contributed by atoms with Gasteiger partial charge in [-0.2, -0.15) is 0 Å². The van der Waals surface area contributed by atoms with E-state index in [2.05, 4.69) is 9.88 Å². The van der Waals surface area contributed by atoms with Gasteiger partial charge in [0.1, 0.15) is 6.10 Å². The van der Waals surface area contributed by atoms with Gasteiger partial charge in [0.15, 0.2) is 11.6 Å². The fraction of sp³-hybridized carbons (Fsp3) is 0.312. The van der Waals surface area contributed by atoms with Gasteiger partial charge >= 0.3 is 0 Å². The lowest BCUT2D eigenvalue weighted by molar-refractivity contribution is 0.0395. The van der Waals surface area contributed by atoms with Crippen molar-refractivity contribution in [3.8, 4) is 0 Å². The lowest BCUT2D eigenvalue weighted by Gasteiger charge is -2.34. The highest BCUT2D eigenvalue weighted by atomic mass is 19.2. The van der Waals surface area contributed by atoms with Crippen LogP contribution in [-0.4, -0.2) is 24.7 Å². The van der Waals surface area contributed by atoms with Gasteiger partial charge in [-0.15, -0.1) is 0 Å². The van der Waals surface area contributed by atoms with Crippen molar-refractivity contribution in [3.63, 3.8) is 0 Å². The van der Waals surface area contributed by atoms with E-state index in [9.17, 15) is 8.78 Å². The highest BCUT2D eigenvalue weighted by Gasteiger charge is 2.23. The van der Waals surface area contributed by atoms with E-state index in [1.54, 1.807) is 12.3 Å². The molecule has 0 aliphatic carbocycles. The van der Waals surface area contributed by atoms with Gasteiger partial charge in [0.25, 0.3) is 0 Å². The van der Waals surface area contributed by atoms with E-state index in [0.29, 0.717) is 18.7 Å². The SMILES string of the molecule is Cc1cc(N2CCOC(c3ccc(F)c(F)c3)C2)ccn1. The molecule has 5 heteroatoms. The van der Waals surface area contributed by atoms with Crippen LogP contribution in [0.15, 0.2) is 36.5 Å². The Morgan fingerprint density at radius 1 is 1.19 bits per heavy atom. The van der Waals surface area contributed by atoms with Gasteiger partial charge in [0.2, 0.25) is 0 Å². The number of nitrogens with zero attached hydrogens (tertiary/aromatic N) is 2. The number of aryl methyl sites for hydroxylation is 1. The Balaban J connectivity index is 1.80. The second-order valence-corrected chi connectivity index (χ2v) is 5.13. The molecule has 1 saturated heterocycles. The lowest BCUT2D eigenvalue weighted by atomic mass is 10.1. The number of rotatable bonds is 2. The van der Waals surface area contributed by atoms with Gasteiger partial charge in [-0.25, -0.2) is 8.78 Å². The second kappa shape index (κ2) is 5.77. The molecular weight excluding hydrogens is 274 g/mol. The summed E-state index contributed by atoms with van der Waals surface area (Å²) in [4.78, 5) is 6.35. The van der Waals surface area contributed by atoms with Crippen LogP contribution < -0.4 is 4.90 Å². The second-order valence-electron chi connectivity index (χ2n) is 5.13. The van der Waals surface area contributed by atoms with E-state index in [1.165, 1.54) is 6.07 Å². The predicted octanol–water partition coefficient (Wildman–Crippen LogP) is 3.25. The molecule has 0 amide bonds. The van der Waals surface area contributed by atoms with Crippen molar-refractivity contribution < 1.29 is 13.5 Å². The van der Waals surface area contributed by atoms with Crippen molar-refractivity contribution in [2.75, 3.05) is 24.6 Å². The Bertz CT molecular complexity index is 648. The number of hydrogen-bond acceptors (Lipinski definition) is 3. The Morgan fingerprint density at radius 3 is 2.81 bits per heavy atom. The third kappa shape index (κ3) is 3.03. The summed E-state index contributed by atoms with van der Waals surface area (Å²) in [6, 6.07) is 7.88.